The molecule has 0 unspecified atom stereocenters. The van der Waals surface area contributed by atoms with Crippen molar-refractivity contribution in [3.63, 3.8) is 0 Å². The van der Waals surface area contributed by atoms with E-state index < -0.39 is 17.3 Å². The molecular weight excluding hydrogens is 267 g/mol. The first-order chi connectivity index (χ1) is 9.11. The third kappa shape index (κ3) is 3.73. The molecule has 114 valence electrons. The minimum Gasteiger partial charge on any atom is -0.385 e. The molecule has 0 spiro atoms. The van der Waals surface area contributed by atoms with E-state index in [0.29, 0.717) is 18.5 Å². The quantitative estimate of drug-likeness (QED) is 0.896. The van der Waals surface area contributed by atoms with Gasteiger partial charge in [0.25, 0.3) is 0 Å². The molecule has 0 bridgehead atoms. The van der Waals surface area contributed by atoms with Gasteiger partial charge in [-0.15, -0.1) is 0 Å². The van der Waals surface area contributed by atoms with Gasteiger partial charge in [-0.05, 0) is 38.2 Å². The van der Waals surface area contributed by atoms with Crippen LogP contribution >= 0.6 is 0 Å². The zero-order chi connectivity index (χ0) is 15.6. The third-order valence-electron chi connectivity index (χ3n) is 3.68. The molecule has 2 atom stereocenters. The average Bonchev–Trinajstić information content (AvgIpc) is 2.36. The molecule has 5 heteroatoms. The standard InChI is InChI=1S/C15H22F3NO/c1-5-14(20,11(2)10-19(3)4)12-7-6-8-13(9-12)15(16,17)18/h6-9,11,20H,5,10H2,1-4H3/t11-,14-/m1/s1. The Morgan fingerprint density at radius 1 is 1.20 bits per heavy atom. The second-order valence-electron chi connectivity index (χ2n) is 5.52. The minimum absolute atomic E-state index is 0.175. The highest BCUT2D eigenvalue weighted by molar-refractivity contribution is 5.30. The SMILES string of the molecule is CC[C@](O)(c1cccc(C(F)(F)F)c1)[C@H](C)CN(C)C. The normalized spacial score (nSPS) is 17.1. The largest absolute Gasteiger partial charge is 0.416 e. The van der Waals surface area contributed by atoms with Crippen molar-refractivity contribution in [2.45, 2.75) is 32.0 Å². The summed E-state index contributed by atoms with van der Waals surface area (Å²) in [6.45, 7) is 4.23. The topological polar surface area (TPSA) is 23.5 Å². The Morgan fingerprint density at radius 2 is 1.75 bits per heavy atom. The van der Waals surface area contributed by atoms with E-state index in [9.17, 15) is 18.3 Å². The Morgan fingerprint density at radius 3 is 2.20 bits per heavy atom. The smallest absolute Gasteiger partial charge is 0.385 e. The highest BCUT2D eigenvalue weighted by Gasteiger charge is 2.37. The van der Waals surface area contributed by atoms with Crippen LogP contribution in [-0.4, -0.2) is 30.6 Å². The second kappa shape index (κ2) is 6.14. The van der Waals surface area contributed by atoms with Crippen LogP contribution in [0.2, 0.25) is 0 Å². The molecule has 0 fully saturated rings. The molecule has 1 aromatic carbocycles. The maximum atomic E-state index is 12.8. The lowest BCUT2D eigenvalue weighted by Crippen LogP contribution is -2.38. The van der Waals surface area contributed by atoms with Crippen molar-refractivity contribution in [2.75, 3.05) is 20.6 Å². The Kier molecular flexibility index (Phi) is 5.21. The van der Waals surface area contributed by atoms with Crippen LogP contribution in [0.1, 0.15) is 31.4 Å². The summed E-state index contributed by atoms with van der Waals surface area (Å²) in [6, 6.07) is 4.98. The van der Waals surface area contributed by atoms with Crippen LogP contribution < -0.4 is 0 Å². The van der Waals surface area contributed by atoms with E-state index in [4.69, 9.17) is 0 Å². The number of nitrogens with zero attached hydrogens (tertiary/aromatic N) is 1. The molecule has 0 saturated heterocycles. The molecule has 1 rings (SSSR count). The van der Waals surface area contributed by atoms with Gasteiger partial charge in [-0.2, -0.15) is 13.2 Å². The summed E-state index contributed by atoms with van der Waals surface area (Å²) in [7, 11) is 3.75. The van der Waals surface area contributed by atoms with Gasteiger partial charge in [0.05, 0.1) is 11.2 Å². The predicted molar refractivity (Wildman–Crippen MR) is 73.3 cm³/mol. The van der Waals surface area contributed by atoms with Crippen LogP contribution in [0.4, 0.5) is 13.2 Å². The molecule has 0 heterocycles. The van der Waals surface area contributed by atoms with E-state index in [1.165, 1.54) is 6.07 Å². The molecule has 0 aliphatic carbocycles. The number of benzene rings is 1. The molecule has 0 aromatic heterocycles. The summed E-state index contributed by atoms with van der Waals surface area (Å²) in [5.41, 5.74) is -1.66. The molecule has 1 aromatic rings. The maximum Gasteiger partial charge on any atom is 0.416 e. The summed E-state index contributed by atoms with van der Waals surface area (Å²) in [6.07, 6.45) is -4.03. The third-order valence-corrected chi connectivity index (χ3v) is 3.68. The van der Waals surface area contributed by atoms with Crippen LogP contribution in [-0.2, 0) is 11.8 Å². The van der Waals surface area contributed by atoms with Crippen LogP contribution in [0.3, 0.4) is 0 Å². The number of hydrogen-bond acceptors (Lipinski definition) is 2. The first kappa shape index (κ1) is 17.0. The number of halogens is 3. The van der Waals surface area contributed by atoms with Crippen LogP contribution in [0.5, 0.6) is 0 Å². The molecular formula is C15H22F3NO. The van der Waals surface area contributed by atoms with E-state index in [1.807, 2.05) is 25.9 Å². The highest BCUT2D eigenvalue weighted by atomic mass is 19.4. The molecule has 0 radical (unpaired) electrons. The molecule has 0 amide bonds. The molecule has 20 heavy (non-hydrogen) atoms. The number of alkyl halides is 3. The Bertz CT molecular complexity index is 445. The zero-order valence-electron chi connectivity index (χ0n) is 12.3. The molecule has 0 aliphatic heterocycles. The highest BCUT2D eigenvalue weighted by Crippen LogP contribution is 2.37. The van der Waals surface area contributed by atoms with Gasteiger partial charge >= 0.3 is 6.18 Å². The Labute approximate surface area is 118 Å². The summed E-state index contributed by atoms with van der Waals surface area (Å²) in [4.78, 5) is 1.92. The van der Waals surface area contributed by atoms with Crippen molar-refractivity contribution in [2.24, 2.45) is 5.92 Å². The van der Waals surface area contributed by atoms with Gasteiger partial charge in [0.15, 0.2) is 0 Å². The Balaban J connectivity index is 3.17. The zero-order valence-corrected chi connectivity index (χ0v) is 12.3. The lowest BCUT2D eigenvalue weighted by Gasteiger charge is -2.35. The van der Waals surface area contributed by atoms with Crippen molar-refractivity contribution in [3.8, 4) is 0 Å². The molecule has 0 saturated carbocycles. The van der Waals surface area contributed by atoms with Crippen LogP contribution in [0.25, 0.3) is 0 Å². The lowest BCUT2D eigenvalue weighted by molar-refractivity contribution is -0.137. The first-order valence-electron chi connectivity index (χ1n) is 6.66. The second-order valence-corrected chi connectivity index (χ2v) is 5.52. The summed E-state index contributed by atoms with van der Waals surface area (Å²) in [5.74, 6) is -0.175. The number of rotatable bonds is 5. The fourth-order valence-electron chi connectivity index (χ4n) is 2.50. The summed E-state index contributed by atoms with van der Waals surface area (Å²) >= 11 is 0. The number of aliphatic hydroxyl groups is 1. The molecule has 2 nitrogen and oxygen atoms in total. The molecule has 0 aliphatic rings. The van der Waals surface area contributed by atoms with E-state index >= 15 is 0 Å². The fraction of sp³-hybridized carbons (Fsp3) is 0.600. The average molecular weight is 289 g/mol. The van der Waals surface area contributed by atoms with Gasteiger partial charge in [0.1, 0.15) is 0 Å². The van der Waals surface area contributed by atoms with Crippen molar-refractivity contribution in [1.29, 1.82) is 0 Å². The monoisotopic (exact) mass is 289 g/mol. The van der Waals surface area contributed by atoms with E-state index in [0.717, 1.165) is 12.1 Å². The van der Waals surface area contributed by atoms with Crippen molar-refractivity contribution in [3.05, 3.63) is 35.4 Å². The van der Waals surface area contributed by atoms with Crippen LogP contribution in [0.15, 0.2) is 24.3 Å². The lowest BCUT2D eigenvalue weighted by atomic mass is 9.79. The van der Waals surface area contributed by atoms with Gasteiger partial charge in [0, 0.05) is 12.5 Å². The van der Waals surface area contributed by atoms with E-state index in [2.05, 4.69) is 0 Å². The van der Waals surface area contributed by atoms with Gasteiger partial charge in [-0.3, -0.25) is 0 Å². The van der Waals surface area contributed by atoms with Gasteiger partial charge in [-0.25, -0.2) is 0 Å². The van der Waals surface area contributed by atoms with Crippen molar-refractivity contribution in [1.82, 2.24) is 4.90 Å². The first-order valence-corrected chi connectivity index (χ1v) is 6.66. The Hall–Kier alpha value is -1.07. The van der Waals surface area contributed by atoms with Gasteiger partial charge in [0.2, 0.25) is 0 Å². The van der Waals surface area contributed by atoms with Crippen LogP contribution in [0, 0.1) is 5.92 Å². The fourth-order valence-corrected chi connectivity index (χ4v) is 2.50. The van der Waals surface area contributed by atoms with Gasteiger partial charge in [-0.1, -0.05) is 26.0 Å². The summed E-state index contributed by atoms with van der Waals surface area (Å²) in [5, 5.41) is 10.8. The van der Waals surface area contributed by atoms with E-state index in [-0.39, 0.29) is 5.92 Å². The van der Waals surface area contributed by atoms with Gasteiger partial charge < -0.3 is 10.0 Å². The van der Waals surface area contributed by atoms with E-state index in [1.54, 1.807) is 13.0 Å². The molecule has 1 N–H and O–H groups in total. The summed E-state index contributed by atoms with van der Waals surface area (Å²) < 4.78 is 38.3. The predicted octanol–water partition coefficient (Wildman–Crippen LogP) is 3.50. The van der Waals surface area contributed by atoms with Crippen molar-refractivity contribution >= 4 is 0 Å². The van der Waals surface area contributed by atoms with Crippen molar-refractivity contribution < 1.29 is 18.3 Å². The minimum atomic E-state index is -4.39. The number of hydrogen-bond donors (Lipinski definition) is 1. The maximum absolute atomic E-state index is 12.8.